The van der Waals surface area contributed by atoms with Crippen LogP contribution in [0.2, 0.25) is 0 Å². The van der Waals surface area contributed by atoms with Crippen LogP contribution in [0.1, 0.15) is 39.9 Å². The van der Waals surface area contributed by atoms with Crippen molar-refractivity contribution < 1.29 is 9.59 Å². The molecule has 1 aliphatic heterocycles. The Labute approximate surface area is 166 Å². The van der Waals surface area contributed by atoms with Crippen LogP contribution in [0.5, 0.6) is 0 Å². The molecule has 1 amide bonds. The summed E-state index contributed by atoms with van der Waals surface area (Å²) < 4.78 is 1.64. The zero-order chi connectivity index (χ0) is 19.8. The second-order valence-corrected chi connectivity index (χ2v) is 7.89. The number of nitrogens with one attached hydrogen (secondary N) is 1. The number of thioether (sulfide) groups is 1. The fourth-order valence-electron chi connectivity index (χ4n) is 3.31. The number of ketones is 1. The van der Waals surface area contributed by atoms with E-state index >= 15 is 0 Å². The number of amides is 1. The number of benzene rings is 2. The molecule has 2 heterocycles. The van der Waals surface area contributed by atoms with E-state index in [-0.39, 0.29) is 23.4 Å². The maximum Gasteiger partial charge on any atom is 0.231 e. The average Bonchev–Trinajstić information content (AvgIpc) is 3.23. The Bertz CT molecular complexity index is 1070. The smallest absolute Gasteiger partial charge is 0.231 e. The predicted molar refractivity (Wildman–Crippen MR) is 107 cm³/mol. The third kappa shape index (κ3) is 3.43. The Hall–Kier alpha value is -3.00. The standard InChI is InChI=1S/C20H19N5O2S/c1-11-6-12(2)8-15(7-11)25-20(22-23-24-25)28-10-18(26)14-4-5-17-16(9-14)13(3)19(27)21-17/h4-9,13H,10H2,1-3H3,(H,21,27)/t13-/m1/s1. The van der Waals surface area contributed by atoms with Crippen LogP contribution in [0.4, 0.5) is 5.69 Å². The summed E-state index contributed by atoms with van der Waals surface area (Å²) in [6.45, 7) is 5.87. The fraction of sp³-hybridized carbons (Fsp3) is 0.250. The van der Waals surface area contributed by atoms with Gasteiger partial charge in [-0.05, 0) is 78.2 Å². The zero-order valence-corrected chi connectivity index (χ0v) is 16.6. The molecular formula is C20H19N5O2S. The summed E-state index contributed by atoms with van der Waals surface area (Å²) >= 11 is 1.29. The molecule has 1 aliphatic rings. The number of aryl methyl sites for hydroxylation is 2. The van der Waals surface area contributed by atoms with E-state index < -0.39 is 0 Å². The van der Waals surface area contributed by atoms with Crippen LogP contribution in [0.3, 0.4) is 0 Å². The number of anilines is 1. The van der Waals surface area contributed by atoms with Gasteiger partial charge >= 0.3 is 0 Å². The number of nitrogens with zero attached hydrogens (tertiary/aromatic N) is 4. The van der Waals surface area contributed by atoms with Crippen molar-refractivity contribution in [3.05, 3.63) is 58.7 Å². The normalized spacial score (nSPS) is 15.4. The summed E-state index contributed by atoms with van der Waals surface area (Å²) in [6, 6.07) is 11.4. The summed E-state index contributed by atoms with van der Waals surface area (Å²) in [4.78, 5) is 24.5. The molecule has 4 rings (SSSR count). The molecule has 142 valence electrons. The maximum absolute atomic E-state index is 12.7. The molecule has 8 heteroatoms. The van der Waals surface area contributed by atoms with Gasteiger partial charge in [0.2, 0.25) is 11.1 Å². The summed E-state index contributed by atoms with van der Waals surface area (Å²) in [6.07, 6.45) is 0. The molecule has 0 radical (unpaired) electrons. The number of tetrazole rings is 1. The van der Waals surface area contributed by atoms with Gasteiger partial charge in [-0.3, -0.25) is 9.59 Å². The van der Waals surface area contributed by atoms with Gasteiger partial charge in [0.25, 0.3) is 0 Å². The van der Waals surface area contributed by atoms with E-state index in [1.807, 2.05) is 32.9 Å². The largest absolute Gasteiger partial charge is 0.325 e. The summed E-state index contributed by atoms with van der Waals surface area (Å²) in [5, 5.41) is 15.3. The highest BCUT2D eigenvalue weighted by Gasteiger charge is 2.27. The maximum atomic E-state index is 12.7. The molecule has 28 heavy (non-hydrogen) atoms. The van der Waals surface area contributed by atoms with Crippen molar-refractivity contribution in [3.8, 4) is 5.69 Å². The predicted octanol–water partition coefficient (Wildman–Crippen LogP) is 3.31. The number of hydrogen-bond acceptors (Lipinski definition) is 6. The number of aromatic nitrogens is 4. The molecule has 1 N–H and O–H groups in total. The minimum absolute atomic E-state index is 0.0330. The van der Waals surface area contributed by atoms with Crippen molar-refractivity contribution in [1.29, 1.82) is 0 Å². The first-order valence-corrected chi connectivity index (χ1v) is 9.89. The van der Waals surface area contributed by atoms with Crippen LogP contribution >= 0.6 is 11.8 Å². The topological polar surface area (TPSA) is 89.8 Å². The summed E-state index contributed by atoms with van der Waals surface area (Å²) in [5.41, 5.74) is 5.33. The molecule has 1 atom stereocenters. The Morgan fingerprint density at radius 2 is 1.93 bits per heavy atom. The van der Waals surface area contributed by atoms with Gasteiger partial charge in [0.05, 0.1) is 17.4 Å². The minimum Gasteiger partial charge on any atom is -0.325 e. The van der Waals surface area contributed by atoms with Gasteiger partial charge in [-0.2, -0.15) is 4.68 Å². The van der Waals surface area contributed by atoms with Crippen molar-refractivity contribution in [2.24, 2.45) is 0 Å². The van der Waals surface area contributed by atoms with Crippen LogP contribution in [0, 0.1) is 13.8 Å². The summed E-state index contributed by atoms with van der Waals surface area (Å²) in [5.74, 6) is -0.108. The molecule has 1 aromatic heterocycles. The molecule has 7 nitrogen and oxygen atoms in total. The van der Waals surface area contributed by atoms with Gasteiger partial charge < -0.3 is 5.32 Å². The van der Waals surface area contributed by atoms with Gasteiger partial charge in [0.1, 0.15) is 0 Å². The molecule has 0 fully saturated rings. The third-order valence-corrected chi connectivity index (χ3v) is 5.63. The van der Waals surface area contributed by atoms with E-state index in [2.05, 4.69) is 26.9 Å². The van der Waals surface area contributed by atoms with Gasteiger partial charge in [0.15, 0.2) is 5.78 Å². The highest BCUT2D eigenvalue weighted by Crippen LogP contribution is 2.33. The Morgan fingerprint density at radius 1 is 1.18 bits per heavy atom. The van der Waals surface area contributed by atoms with Crippen LogP contribution in [-0.2, 0) is 4.79 Å². The van der Waals surface area contributed by atoms with Gasteiger partial charge in [-0.25, -0.2) is 0 Å². The van der Waals surface area contributed by atoms with E-state index in [9.17, 15) is 9.59 Å². The number of carbonyl (C=O) groups excluding carboxylic acids is 2. The lowest BCUT2D eigenvalue weighted by Crippen LogP contribution is -2.08. The first kappa shape index (κ1) is 18.4. The molecule has 0 saturated carbocycles. The number of fused-ring (bicyclic) bond motifs is 1. The van der Waals surface area contributed by atoms with Gasteiger partial charge in [-0.15, -0.1) is 5.10 Å². The Kier molecular flexibility index (Phi) is 4.72. The average molecular weight is 393 g/mol. The second-order valence-electron chi connectivity index (χ2n) is 6.94. The van der Waals surface area contributed by atoms with Crippen LogP contribution in [-0.4, -0.2) is 37.7 Å². The molecule has 0 bridgehead atoms. The van der Waals surface area contributed by atoms with Crippen molar-refractivity contribution in [2.75, 3.05) is 11.1 Å². The molecule has 0 unspecified atom stereocenters. The first-order chi connectivity index (χ1) is 13.4. The summed E-state index contributed by atoms with van der Waals surface area (Å²) in [7, 11) is 0. The van der Waals surface area contributed by atoms with E-state index in [1.165, 1.54) is 11.8 Å². The van der Waals surface area contributed by atoms with Crippen LogP contribution < -0.4 is 5.32 Å². The van der Waals surface area contributed by atoms with Crippen LogP contribution in [0.25, 0.3) is 5.69 Å². The monoisotopic (exact) mass is 393 g/mol. The first-order valence-electron chi connectivity index (χ1n) is 8.90. The van der Waals surface area contributed by atoms with E-state index in [0.29, 0.717) is 10.7 Å². The lowest BCUT2D eigenvalue weighted by molar-refractivity contribution is -0.116. The molecule has 2 aromatic carbocycles. The quantitative estimate of drug-likeness (QED) is 0.528. The van der Waals surface area contributed by atoms with E-state index in [0.717, 1.165) is 28.1 Å². The SMILES string of the molecule is Cc1cc(C)cc(-n2nnnc2SCC(=O)c2ccc3c(c2)[C@@H](C)C(=O)N3)c1. The highest BCUT2D eigenvalue weighted by atomic mass is 32.2. The van der Waals surface area contributed by atoms with Crippen molar-refractivity contribution in [3.63, 3.8) is 0 Å². The second kappa shape index (κ2) is 7.20. The Balaban J connectivity index is 1.51. The fourth-order valence-corrected chi connectivity index (χ4v) is 4.09. The number of rotatable bonds is 5. The highest BCUT2D eigenvalue weighted by molar-refractivity contribution is 7.99. The molecule has 0 saturated heterocycles. The lowest BCUT2D eigenvalue weighted by atomic mass is 9.99. The van der Waals surface area contributed by atoms with Crippen molar-refractivity contribution in [1.82, 2.24) is 20.2 Å². The van der Waals surface area contributed by atoms with Gasteiger partial charge in [-0.1, -0.05) is 17.8 Å². The number of hydrogen-bond donors (Lipinski definition) is 1. The molecule has 0 spiro atoms. The molecule has 0 aliphatic carbocycles. The van der Waals surface area contributed by atoms with Crippen LogP contribution in [0.15, 0.2) is 41.6 Å². The zero-order valence-electron chi connectivity index (χ0n) is 15.8. The minimum atomic E-state index is -0.243. The lowest BCUT2D eigenvalue weighted by Gasteiger charge is -2.07. The van der Waals surface area contributed by atoms with Crippen molar-refractivity contribution in [2.45, 2.75) is 31.8 Å². The molecule has 3 aromatic rings. The van der Waals surface area contributed by atoms with Crippen molar-refractivity contribution >= 4 is 29.1 Å². The Morgan fingerprint density at radius 3 is 2.68 bits per heavy atom. The van der Waals surface area contributed by atoms with E-state index in [1.54, 1.807) is 22.9 Å². The molecular weight excluding hydrogens is 374 g/mol. The number of Topliss-reactive ketones (excluding diaryl/α,β-unsaturated/α-hetero) is 1. The van der Waals surface area contributed by atoms with Gasteiger partial charge in [0, 0.05) is 11.3 Å². The third-order valence-electron chi connectivity index (χ3n) is 4.72. The number of carbonyl (C=O) groups is 2. The van der Waals surface area contributed by atoms with E-state index in [4.69, 9.17) is 0 Å².